The highest BCUT2D eigenvalue weighted by Crippen LogP contribution is 2.31. The molecule has 0 saturated heterocycles. The Kier molecular flexibility index (Phi) is 4.66. The summed E-state index contributed by atoms with van der Waals surface area (Å²) < 4.78 is 38.8. The molecule has 21 heavy (non-hydrogen) atoms. The fourth-order valence-corrected chi connectivity index (χ4v) is 3.88. The third kappa shape index (κ3) is 3.57. The van der Waals surface area contributed by atoms with Crippen LogP contribution in [0.3, 0.4) is 0 Å². The molecule has 2 atom stereocenters. The molecule has 0 aliphatic carbocycles. The van der Waals surface area contributed by atoms with E-state index in [1.165, 1.54) is 12.3 Å². The molecule has 0 spiro atoms. The molecule has 116 valence electrons. The molecule has 1 heterocycles. The molecule has 0 amide bonds. The van der Waals surface area contributed by atoms with Gasteiger partial charge in [-0.1, -0.05) is 0 Å². The molecule has 4 nitrogen and oxygen atoms in total. The molecule has 0 bridgehead atoms. The van der Waals surface area contributed by atoms with Crippen molar-refractivity contribution in [3.05, 3.63) is 28.2 Å². The topological polar surface area (TPSA) is 52.0 Å². The summed E-state index contributed by atoms with van der Waals surface area (Å²) in [5.41, 5.74) is 1.11. The van der Waals surface area contributed by atoms with Gasteiger partial charge in [-0.3, -0.25) is 0 Å². The van der Waals surface area contributed by atoms with Crippen molar-refractivity contribution < 1.29 is 12.8 Å². The van der Waals surface area contributed by atoms with Crippen molar-refractivity contribution in [2.24, 2.45) is 0 Å². The molecule has 1 aromatic carbocycles. The molecule has 8 heteroatoms. The molecule has 1 aromatic heterocycles. The molecule has 0 aliphatic rings. The van der Waals surface area contributed by atoms with Crippen molar-refractivity contribution in [2.75, 3.05) is 12.0 Å². The third-order valence-electron chi connectivity index (χ3n) is 3.10. The number of imidazole rings is 1. The highest BCUT2D eigenvalue weighted by atomic mass is 79.9. The molecule has 2 unspecified atom stereocenters. The molecule has 0 fully saturated rings. The van der Waals surface area contributed by atoms with E-state index < -0.39 is 21.0 Å². The lowest BCUT2D eigenvalue weighted by molar-refractivity contribution is 0.555. The van der Waals surface area contributed by atoms with E-state index in [1.54, 1.807) is 24.5 Å². The van der Waals surface area contributed by atoms with E-state index in [1.807, 2.05) is 0 Å². The largest absolute Gasteiger partial charge is 0.323 e. The Hall–Kier alpha value is -0.660. The van der Waals surface area contributed by atoms with Crippen molar-refractivity contribution >= 4 is 48.4 Å². The Morgan fingerprint density at radius 1 is 1.43 bits per heavy atom. The Bertz CT molecular complexity index is 789. The third-order valence-corrected chi connectivity index (χ3v) is 4.99. The van der Waals surface area contributed by atoms with Crippen LogP contribution in [0.5, 0.6) is 0 Å². The fraction of sp³-hybridized carbons (Fsp3) is 0.462. The first-order valence-electron chi connectivity index (χ1n) is 6.29. The van der Waals surface area contributed by atoms with Gasteiger partial charge in [-0.15, -0.1) is 11.6 Å². The van der Waals surface area contributed by atoms with E-state index in [0.29, 0.717) is 21.3 Å². The minimum atomic E-state index is -3.16. The van der Waals surface area contributed by atoms with Gasteiger partial charge in [0.15, 0.2) is 0 Å². The highest BCUT2D eigenvalue weighted by Gasteiger charge is 2.22. The normalized spacial score (nSPS) is 15.3. The maximum absolute atomic E-state index is 13.6. The van der Waals surface area contributed by atoms with Crippen LogP contribution in [0.15, 0.2) is 16.6 Å². The summed E-state index contributed by atoms with van der Waals surface area (Å²) in [5.74, 6) is 0.0707. The van der Waals surface area contributed by atoms with Crippen LogP contribution in [0.25, 0.3) is 11.0 Å². The van der Waals surface area contributed by atoms with Crippen LogP contribution in [-0.2, 0) is 9.84 Å². The molecular weight excluding hydrogens is 383 g/mol. The van der Waals surface area contributed by atoms with Gasteiger partial charge in [0.2, 0.25) is 0 Å². The van der Waals surface area contributed by atoms with Crippen molar-refractivity contribution in [1.29, 1.82) is 0 Å². The second kappa shape index (κ2) is 5.85. The van der Waals surface area contributed by atoms with Crippen molar-refractivity contribution in [2.45, 2.75) is 25.3 Å². The lowest BCUT2D eigenvalue weighted by Crippen LogP contribution is -2.18. The SMILES string of the molecule is CC(Cl)c1nc2cc(F)c(Br)cc2n1C(C)CS(C)(=O)=O. The van der Waals surface area contributed by atoms with Gasteiger partial charge < -0.3 is 4.57 Å². The Morgan fingerprint density at radius 2 is 2.05 bits per heavy atom. The van der Waals surface area contributed by atoms with E-state index >= 15 is 0 Å². The van der Waals surface area contributed by atoms with E-state index in [-0.39, 0.29) is 11.8 Å². The van der Waals surface area contributed by atoms with Crippen LogP contribution in [0.1, 0.15) is 31.1 Å². The van der Waals surface area contributed by atoms with E-state index in [2.05, 4.69) is 20.9 Å². The van der Waals surface area contributed by atoms with Crippen molar-refractivity contribution in [1.82, 2.24) is 9.55 Å². The number of hydrogen-bond acceptors (Lipinski definition) is 3. The molecular formula is C13H15BrClFN2O2S. The maximum Gasteiger partial charge on any atom is 0.149 e. The molecule has 0 radical (unpaired) electrons. The first kappa shape index (κ1) is 16.7. The van der Waals surface area contributed by atoms with Crippen molar-refractivity contribution in [3.63, 3.8) is 0 Å². The Labute approximate surface area is 136 Å². The summed E-state index contributed by atoms with van der Waals surface area (Å²) in [6, 6.07) is 2.56. The Balaban J connectivity index is 2.69. The molecule has 0 aliphatic heterocycles. The van der Waals surface area contributed by atoms with Gasteiger partial charge in [0, 0.05) is 18.4 Å². The number of benzene rings is 1. The van der Waals surface area contributed by atoms with E-state index in [4.69, 9.17) is 11.6 Å². The van der Waals surface area contributed by atoms with Gasteiger partial charge in [0.1, 0.15) is 21.5 Å². The number of nitrogens with zero attached hydrogens (tertiary/aromatic N) is 2. The van der Waals surface area contributed by atoms with E-state index in [0.717, 1.165) is 0 Å². The summed E-state index contributed by atoms with van der Waals surface area (Å²) in [6.45, 7) is 3.53. The summed E-state index contributed by atoms with van der Waals surface area (Å²) in [5, 5.41) is -0.416. The molecule has 2 aromatic rings. The number of aromatic nitrogens is 2. The lowest BCUT2D eigenvalue weighted by Gasteiger charge is -2.18. The number of rotatable bonds is 4. The lowest BCUT2D eigenvalue weighted by atomic mass is 10.3. The maximum atomic E-state index is 13.6. The molecule has 0 saturated carbocycles. The summed E-state index contributed by atoms with van der Waals surface area (Å²) in [4.78, 5) is 4.34. The first-order valence-corrected chi connectivity index (χ1v) is 9.58. The Morgan fingerprint density at radius 3 is 2.57 bits per heavy atom. The van der Waals surface area contributed by atoms with Gasteiger partial charge in [-0.25, -0.2) is 17.8 Å². The van der Waals surface area contributed by atoms with Gasteiger partial charge >= 0.3 is 0 Å². The summed E-state index contributed by atoms with van der Waals surface area (Å²) in [6.07, 6.45) is 1.18. The van der Waals surface area contributed by atoms with Crippen LogP contribution in [0.4, 0.5) is 4.39 Å². The second-order valence-electron chi connectivity index (χ2n) is 5.15. The zero-order chi connectivity index (χ0) is 15.9. The van der Waals surface area contributed by atoms with Crippen LogP contribution in [-0.4, -0.2) is 30.0 Å². The zero-order valence-corrected chi connectivity index (χ0v) is 14.9. The quantitative estimate of drug-likeness (QED) is 0.737. The van der Waals surface area contributed by atoms with Crippen LogP contribution in [0.2, 0.25) is 0 Å². The fourth-order valence-electron chi connectivity index (χ4n) is 2.37. The minimum Gasteiger partial charge on any atom is -0.323 e. The average Bonchev–Trinajstić information content (AvgIpc) is 2.66. The smallest absolute Gasteiger partial charge is 0.149 e. The molecule has 0 N–H and O–H groups in total. The van der Waals surface area contributed by atoms with Crippen molar-refractivity contribution in [3.8, 4) is 0 Å². The standard InChI is InChI=1S/C13H15BrClFN2O2S/c1-7(6-21(3,19)20)18-12-4-9(14)10(16)5-11(12)17-13(18)8(2)15/h4-5,7-8H,6H2,1-3H3. The van der Waals surface area contributed by atoms with Gasteiger partial charge in [0.05, 0.1) is 26.6 Å². The van der Waals surface area contributed by atoms with E-state index in [9.17, 15) is 12.8 Å². The zero-order valence-electron chi connectivity index (χ0n) is 11.8. The predicted molar refractivity (Wildman–Crippen MR) is 86.1 cm³/mol. The molecule has 2 rings (SSSR count). The number of fused-ring (bicyclic) bond motifs is 1. The first-order chi connectivity index (χ1) is 9.60. The van der Waals surface area contributed by atoms with Crippen LogP contribution < -0.4 is 0 Å². The minimum absolute atomic E-state index is 0.0376. The second-order valence-corrected chi connectivity index (χ2v) is 8.85. The highest BCUT2D eigenvalue weighted by molar-refractivity contribution is 9.10. The van der Waals surface area contributed by atoms with Gasteiger partial charge in [-0.2, -0.15) is 0 Å². The monoisotopic (exact) mass is 396 g/mol. The average molecular weight is 398 g/mol. The van der Waals surface area contributed by atoms with Gasteiger partial charge in [-0.05, 0) is 35.8 Å². The number of halogens is 3. The van der Waals surface area contributed by atoms with Crippen LogP contribution in [0, 0.1) is 5.82 Å². The predicted octanol–water partition coefficient (Wildman–Crippen LogP) is 3.84. The van der Waals surface area contributed by atoms with Crippen LogP contribution >= 0.6 is 27.5 Å². The number of hydrogen-bond donors (Lipinski definition) is 0. The van der Waals surface area contributed by atoms with Gasteiger partial charge in [0.25, 0.3) is 0 Å². The number of sulfone groups is 1. The summed E-state index contributed by atoms with van der Waals surface area (Å²) in [7, 11) is -3.16. The summed E-state index contributed by atoms with van der Waals surface area (Å²) >= 11 is 9.28. The number of alkyl halides is 1.